The third-order valence-electron chi connectivity index (χ3n) is 3.14. The molecule has 1 aromatic heterocycles. The lowest BCUT2D eigenvalue weighted by Crippen LogP contribution is -2.22. The molecule has 108 valence electrons. The third kappa shape index (κ3) is 3.31. The second-order valence-electron chi connectivity index (χ2n) is 4.61. The Bertz CT molecular complexity index is 514. The molecule has 8 heteroatoms. The van der Waals surface area contributed by atoms with Gasteiger partial charge in [-0.25, -0.2) is 8.42 Å². The van der Waals surface area contributed by atoms with Crippen molar-refractivity contribution >= 4 is 9.84 Å². The summed E-state index contributed by atoms with van der Waals surface area (Å²) in [6.07, 6.45) is 2.08. The van der Waals surface area contributed by atoms with Crippen LogP contribution in [0.2, 0.25) is 0 Å². The number of ether oxygens (including phenoxy) is 1. The smallest absolute Gasteiger partial charge is 0.245 e. The van der Waals surface area contributed by atoms with E-state index >= 15 is 0 Å². The van der Waals surface area contributed by atoms with Crippen LogP contribution in [0.25, 0.3) is 0 Å². The lowest BCUT2D eigenvalue weighted by molar-refractivity contribution is 0.130. The topological polar surface area (TPSA) is 108 Å². The molecule has 0 spiro atoms. The van der Waals surface area contributed by atoms with Crippen molar-refractivity contribution in [1.29, 1.82) is 0 Å². The minimum atomic E-state index is -3.17. The van der Waals surface area contributed by atoms with Gasteiger partial charge in [-0.1, -0.05) is 11.6 Å². The number of hydrogen-bond donors (Lipinski definition) is 1. The van der Waals surface area contributed by atoms with Crippen LogP contribution in [-0.4, -0.2) is 37.5 Å². The quantitative estimate of drug-likeness (QED) is 0.851. The molecule has 2 unspecified atom stereocenters. The summed E-state index contributed by atoms with van der Waals surface area (Å²) in [7, 11) is -3.17. The van der Waals surface area contributed by atoms with Gasteiger partial charge in [-0.15, -0.1) is 0 Å². The van der Waals surface area contributed by atoms with Gasteiger partial charge in [0, 0.05) is 6.61 Å². The fraction of sp³-hybridized carbons (Fsp3) is 0.818. The summed E-state index contributed by atoms with van der Waals surface area (Å²) in [4.78, 5) is 4.12. The van der Waals surface area contributed by atoms with Gasteiger partial charge in [0.25, 0.3) is 0 Å². The Balaban J connectivity index is 2.12. The van der Waals surface area contributed by atoms with E-state index in [0.29, 0.717) is 25.3 Å². The van der Waals surface area contributed by atoms with Gasteiger partial charge in [-0.05, 0) is 19.8 Å². The van der Waals surface area contributed by atoms with E-state index in [1.165, 1.54) is 0 Å². The van der Waals surface area contributed by atoms with Crippen LogP contribution in [0.4, 0.5) is 0 Å². The largest absolute Gasteiger partial charge is 0.380 e. The van der Waals surface area contributed by atoms with Crippen LogP contribution in [0, 0.1) is 0 Å². The predicted molar refractivity (Wildman–Crippen MR) is 68.1 cm³/mol. The highest BCUT2D eigenvalue weighted by molar-refractivity contribution is 7.91. The molecule has 1 aromatic rings. The van der Waals surface area contributed by atoms with Crippen molar-refractivity contribution in [2.24, 2.45) is 5.73 Å². The van der Waals surface area contributed by atoms with Gasteiger partial charge in [0.2, 0.25) is 5.89 Å². The molecule has 0 amide bonds. The van der Waals surface area contributed by atoms with Gasteiger partial charge in [-0.2, -0.15) is 4.98 Å². The Morgan fingerprint density at radius 1 is 1.53 bits per heavy atom. The molecule has 1 aliphatic rings. The average molecular weight is 289 g/mol. The Hall–Kier alpha value is -0.990. The molecule has 2 N–H and O–H groups in total. The Morgan fingerprint density at radius 3 is 3.00 bits per heavy atom. The van der Waals surface area contributed by atoms with E-state index in [9.17, 15) is 8.42 Å². The number of nitrogens with two attached hydrogens (primary N) is 1. The van der Waals surface area contributed by atoms with Crippen LogP contribution >= 0.6 is 0 Å². The normalized spacial score (nSPS) is 24.2. The molecule has 0 aliphatic carbocycles. The first-order valence-electron chi connectivity index (χ1n) is 6.43. The summed E-state index contributed by atoms with van der Waals surface area (Å²) < 4.78 is 34.1. The van der Waals surface area contributed by atoms with E-state index in [2.05, 4.69) is 10.1 Å². The van der Waals surface area contributed by atoms with Gasteiger partial charge in [-0.3, -0.25) is 0 Å². The molecule has 2 heterocycles. The first-order chi connectivity index (χ1) is 9.04. The molecule has 1 aliphatic heterocycles. The molecule has 0 saturated carbocycles. The second-order valence-corrected chi connectivity index (χ2v) is 6.91. The van der Waals surface area contributed by atoms with Crippen LogP contribution in [0.1, 0.15) is 49.2 Å². The van der Waals surface area contributed by atoms with Gasteiger partial charge in [0.05, 0.1) is 18.4 Å². The summed E-state index contributed by atoms with van der Waals surface area (Å²) in [5, 5.41) is 3.08. The standard InChI is InChI=1S/C11H19N3O4S/c1-2-17-7-8(12)10-13-11(18-14-10)9-5-3-4-6-19(9,15)16/h8-9H,2-7,12H2,1H3. The van der Waals surface area contributed by atoms with Gasteiger partial charge in [0.1, 0.15) is 5.25 Å². The first kappa shape index (κ1) is 14.4. The number of rotatable bonds is 5. The molecule has 2 atom stereocenters. The van der Waals surface area contributed by atoms with Crippen LogP contribution in [0.5, 0.6) is 0 Å². The highest BCUT2D eigenvalue weighted by Crippen LogP contribution is 2.32. The highest BCUT2D eigenvalue weighted by Gasteiger charge is 2.35. The zero-order valence-corrected chi connectivity index (χ0v) is 11.7. The van der Waals surface area contributed by atoms with Gasteiger partial charge in [0.15, 0.2) is 15.7 Å². The highest BCUT2D eigenvalue weighted by atomic mass is 32.2. The van der Waals surface area contributed by atoms with Crippen molar-refractivity contribution in [3.05, 3.63) is 11.7 Å². The number of aromatic nitrogens is 2. The van der Waals surface area contributed by atoms with E-state index < -0.39 is 21.1 Å². The predicted octanol–water partition coefficient (Wildman–Crippen LogP) is 0.746. The fourth-order valence-electron chi connectivity index (χ4n) is 2.08. The van der Waals surface area contributed by atoms with E-state index in [0.717, 1.165) is 6.42 Å². The average Bonchev–Trinajstić information content (AvgIpc) is 2.84. The summed E-state index contributed by atoms with van der Waals surface area (Å²) >= 11 is 0. The van der Waals surface area contributed by atoms with Crippen molar-refractivity contribution in [3.63, 3.8) is 0 Å². The lowest BCUT2D eigenvalue weighted by Gasteiger charge is -2.18. The SMILES string of the molecule is CCOCC(N)c1noc(C2CCCCS2(=O)=O)n1. The van der Waals surface area contributed by atoms with E-state index in [-0.39, 0.29) is 18.3 Å². The maximum atomic E-state index is 11.9. The molecule has 19 heavy (non-hydrogen) atoms. The molecule has 1 fully saturated rings. The van der Waals surface area contributed by atoms with Gasteiger partial charge >= 0.3 is 0 Å². The third-order valence-corrected chi connectivity index (χ3v) is 5.31. The summed E-state index contributed by atoms with van der Waals surface area (Å²) in [6.45, 7) is 2.70. The fourth-order valence-corrected chi connectivity index (χ4v) is 3.90. The summed E-state index contributed by atoms with van der Waals surface area (Å²) in [5.41, 5.74) is 5.83. The minimum absolute atomic E-state index is 0.154. The van der Waals surface area contributed by atoms with E-state index in [4.69, 9.17) is 15.0 Å². The van der Waals surface area contributed by atoms with Crippen molar-refractivity contribution in [2.45, 2.75) is 37.5 Å². The molecule has 1 saturated heterocycles. The number of sulfone groups is 1. The summed E-state index contributed by atoms with van der Waals surface area (Å²) in [5.74, 6) is 0.631. The van der Waals surface area contributed by atoms with E-state index in [1.54, 1.807) is 0 Å². The van der Waals surface area contributed by atoms with Crippen molar-refractivity contribution in [3.8, 4) is 0 Å². The Labute approximate surface area is 112 Å². The minimum Gasteiger partial charge on any atom is -0.380 e. The van der Waals surface area contributed by atoms with E-state index in [1.807, 2.05) is 6.92 Å². The molecule has 7 nitrogen and oxygen atoms in total. The summed E-state index contributed by atoms with van der Waals surface area (Å²) in [6, 6.07) is -0.497. The number of hydrogen-bond acceptors (Lipinski definition) is 7. The maximum Gasteiger partial charge on any atom is 0.245 e. The molecule has 0 radical (unpaired) electrons. The molecular formula is C11H19N3O4S. The zero-order valence-electron chi connectivity index (χ0n) is 10.9. The second kappa shape index (κ2) is 5.98. The molecule has 0 aromatic carbocycles. The monoisotopic (exact) mass is 289 g/mol. The molecular weight excluding hydrogens is 270 g/mol. The van der Waals surface area contributed by atoms with Crippen LogP contribution in [-0.2, 0) is 14.6 Å². The first-order valence-corrected chi connectivity index (χ1v) is 8.14. The zero-order chi connectivity index (χ0) is 13.9. The van der Waals surface area contributed by atoms with Crippen LogP contribution in [0.3, 0.4) is 0 Å². The Morgan fingerprint density at radius 2 is 2.32 bits per heavy atom. The van der Waals surface area contributed by atoms with Gasteiger partial charge < -0.3 is 15.0 Å². The van der Waals surface area contributed by atoms with Crippen LogP contribution in [0.15, 0.2) is 4.52 Å². The lowest BCUT2D eigenvalue weighted by atomic mass is 10.2. The Kier molecular flexibility index (Phi) is 4.54. The van der Waals surface area contributed by atoms with Crippen molar-refractivity contribution in [1.82, 2.24) is 10.1 Å². The molecule has 0 bridgehead atoms. The van der Waals surface area contributed by atoms with Crippen molar-refractivity contribution in [2.75, 3.05) is 19.0 Å². The molecule has 2 rings (SSSR count). The van der Waals surface area contributed by atoms with Crippen LogP contribution < -0.4 is 5.73 Å². The number of nitrogens with zero attached hydrogens (tertiary/aromatic N) is 2. The maximum absolute atomic E-state index is 11.9. The van der Waals surface area contributed by atoms with Crippen molar-refractivity contribution < 1.29 is 17.7 Å².